The molecular weight excluding hydrogens is 327 g/mol. The van der Waals surface area contributed by atoms with Crippen molar-refractivity contribution < 1.29 is 34.3 Å². The summed E-state index contributed by atoms with van der Waals surface area (Å²) < 4.78 is 21.2. The molecule has 134 valence electrons. The number of halogens is 1. The highest BCUT2D eigenvalue weighted by atomic mass is 19.1. The van der Waals surface area contributed by atoms with Gasteiger partial charge in [-0.1, -0.05) is 0 Å². The van der Waals surface area contributed by atoms with Crippen LogP contribution in [0.4, 0.5) is 10.2 Å². The molecule has 10 nitrogen and oxygen atoms in total. The van der Waals surface area contributed by atoms with Gasteiger partial charge >= 0.3 is 0 Å². The van der Waals surface area contributed by atoms with Crippen LogP contribution in [-0.4, -0.2) is 74.4 Å². The quantitative estimate of drug-likeness (QED) is 0.302. The highest BCUT2D eigenvalue weighted by Crippen LogP contribution is 2.34. The molecular formula is C13H19FN4O6. The van der Waals surface area contributed by atoms with Gasteiger partial charge in [-0.2, -0.15) is 0 Å². The van der Waals surface area contributed by atoms with Crippen LogP contribution < -0.4 is 16.4 Å². The van der Waals surface area contributed by atoms with Crippen LogP contribution in [0.3, 0.4) is 0 Å². The van der Waals surface area contributed by atoms with Crippen LogP contribution in [0.2, 0.25) is 0 Å². The van der Waals surface area contributed by atoms with Gasteiger partial charge in [0.2, 0.25) is 0 Å². The van der Waals surface area contributed by atoms with Crippen molar-refractivity contribution in [3.05, 3.63) is 17.8 Å². The molecule has 0 spiro atoms. The number of ether oxygens (including phenoxy) is 1. The molecule has 1 aromatic heterocycles. The molecule has 2 aliphatic heterocycles. The molecule has 0 radical (unpaired) electrons. The molecule has 1 fully saturated rings. The Bertz CT molecular complexity index is 626. The number of hydrogen-bond acceptors (Lipinski definition) is 8. The van der Waals surface area contributed by atoms with E-state index < -0.39 is 55.6 Å². The molecule has 1 amide bonds. The predicted octanol–water partition coefficient (Wildman–Crippen LogP) is -2.80. The molecule has 0 bridgehead atoms. The minimum absolute atomic E-state index is 0.161. The van der Waals surface area contributed by atoms with Gasteiger partial charge in [0.05, 0.1) is 12.2 Å². The highest BCUT2D eigenvalue weighted by molar-refractivity contribution is 6.01. The van der Waals surface area contributed by atoms with Gasteiger partial charge in [-0.15, -0.1) is 0 Å². The summed E-state index contributed by atoms with van der Waals surface area (Å²) in [4.78, 5) is 11.9. The molecule has 3 rings (SSSR count). The fourth-order valence-corrected chi connectivity index (χ4v) is 2.88. The van der Waals surface area contributed by atoms with Gasteiger partial charge in [-0.05, 0) is 6.07 Å². The monoisotopic (exact) mass is 346 g/mol. The lowest BCUT2D eigenvalue weighted by atomic mass is 10.0. The van der Waals surface area contributed by atoms with Crippen molar-refractivity contribution in [3.63, 3.8) is 0 Å². The molecule has 7 atom stereocenters. The van der Waals surface area contributed by atoms with E-state index in [0.717, 1.165) is 0 Å². The normalized spacial score (nSPS) is 39.6. The van der Waals surface area contributed by atoms with Crippen LogP contribution in [-0.2, 0) is 4.74 Å². The second-order valence-electron chi connectivity index (χ2n) is 5.74. The van der Waals surface area contributed by atoms with Crippen LogP contribution in [0, 0.1) is 0 Å². The van der Waals surface area contributed by atoms with Crippen molar-refractivity contribution in [3.8, 4) is 0 Å². The second-order valence-corrected chi connectivity index (χ2v) is 5.74. The zero-order valence-corrected chi connectivity index (χ0v) is 12.4. The minimum Gasteiger partial charge on any atom is -0.394 e. The predicted molar refractivity (Wildman–Crippen MR) is 77.4 cm³/mol. The number of anilines is 1. The van der Waals surface area contributed by atoms with E-state index in [1.54, 1.807) is 0 Å². The summed E-state index contributed by atoms with van der Waals surface area (Å²) in [6.07, 6.45) is -10.0. The molecule has 24 heavy (non-hydrogen) atoms. The third-order valence-electron chi connectivity index (χ3n) is 4.19. The maximum absolute atomic E-state index is 14.7. The summed E-state index contributed by atoms with van der Waals surface area (Å²) in [6, 6.07) is 1.40. The third-order valence-corrected chi connectivity index (χ3v) is 4.19. The van der Waals surface area contributed by atoms with E-state index in [0.29, 0.717) is 0 Å². The van der Waals surface area contributed by atoms with E-state index in [-0.39, 0.29) is 11.4 Å². The smallest absolute Gasteiger partial charge is 0.257 e. The molecule has 1 aromatic rings. The van der Waals surface area contributed by atoms with E-state index in [2.05, 4.69) is 10.6 Å². The summed E-state index contributed by atoms with van der Waals surface area (Å²) in [6.45, 7) is -0.703. The minimum atomic E-state index is -2.13. The second kappa shape index (κ2) is 6.27. The molecule has 0 aliphatic carbocycles. The van der Waals surface area contributed by atoms with Gasteiger partial charge in [0.15, 0.2) is 18.7 Å². The van der Waals surface area contributed by atoms with Crippen LogP contribution in [0.25, 0.3) is 0 Å². The molecule has 1 saturated heterocycles. The van der Waals surface area contributed by atoms with Gasteiger partial charge in [0.1, 0.15) is 30.2 Å². The summed E-state index contributed by atoms with van der Waals surface area (Å²) in [5.74, 6) is -0.313. The van der Waals surface area contributed by atoms with Crippen molar-refractivity contribution in [2.45, 2.75) is 43.1 Å². The fraction of sp³-hybridized carbons (Fsp3) is 0.615. The number of carbonyl (C=O) groups is 1. The van der Waals surface area contributed by atoms with Crippen LogP contribution >= 0.6 is 0 Å². The SMILES string of the molecule is NC1NC(=O)c2ccn([C@@H]3O[C@H](CO)[C@@H](O)[C@H](O)[C@@H](O)[C@@H]3F)c2N1. The van der Waals surface area contributed by atoms with Crippen molar-refractivity contribution in [1.29, 1.82) is 0 Å². The van der Waals surface area contributed by atoms with E-state index in [1.807, 2.05) is 0 Å². The maximum Gasteiger partial charge on any atom is 0.257 e. The Morgan fingerprint density at radius 2 is 1.96 bits per heavy atom. The van der Waals surface area contributed by atoms with Crippen molar-refractivity contribution >= 4 is 11.7 Å². The number of rotatable bonds is 2. The average molecular weight is 346 g/mol. The largest absolute Gasteiger partial charge is 0.394 e. The van der Waals surface area contributed by atoms with Gasteiger partial charge in [-0.3, -0.25) is 10.5 Å². The molecule has 0 aromatic carbocycles. The molecule has 2 aliphatic rings. The Labute approximate surface area is 135 Å². The van der Waals surface area contributed by atoms with Gasteiger partial charge in [0.25, 0.3) is 5.91 Å². The Kier molecular flexibility index (Phi) is 4.46. The van der Waals surface area contributed by atoms with Gasteiger partial charge < -0.3 is 40.4 Å². The van der Waals surface area contributed by atoms with E-state index in [1.165, 1.54) is 16.8 Å². The Balaban J connectivity index is 2.00. The van der Waals surface area contributed by atoms with Crippen LogP contribution in [0.1, 0.15) is 16.6 Å². The fourth-order valence-electron chi connectivity index (χ4n) is 2.88. The number of fused-ring (bicyclic) bond motifs is 1. The van der Waals surface area contributed by atoms with Crippen LogP contribution in [0.15, 0.2) is 12.3 Å². The number of hydrogen-bond donors (Lipinski definition) is 7. The van der Waals surface area contributed by atoms with Crippen molar-refractivity contribution in [1.82, 2.24) is 9.88 Å². The number of amides is 1. The number of nitrogens with one attached hydrogen (secondary N) is 2. The first kappa shape index (κ1) is 17.1. The topological polar surface area (TPSA) is 162 Å². The zero-order chi connectivity index (χ0) is 17.6. The summed E-state index contributed by atoms with van der Waals surface area (Å²) in [5.41, 5.74) is 5.82. The Morgan fingerprint density at radius 1 is 1.25 bits per heavy atom. The van der Waals surface area contributed by atoms with E-state index in [9.17, 15) is 29.6 Å². The van der Waals surface area contributed by atoms with Crippen molar-refractivity contribution in [2.75, 3.05) is 11.9 Å². The first-order valence-electron chi connectivity index (χ1n) is 7.33. The standard InChI is InChI=1S/C13H19FN4O6/c14-6-8(21)9(22)7(20)5(3-19)24-12(6)18-2-1-4-10(18)16-13(15)17-11(4)23/h1-2,5-9,12-13,16,19-22H,3,15H2,(H,17,23)/t5-,6+,7-,8+,9+,12-,13?/m1/s1. The molecule has 11 heteroatoms. The number of aliphatic hydroxyl groups excluding tert-OH is 4. The first-order valence-corrected chi connectivity index (χ1v) is 7.33. The summed E-state index contributed by atoms with van der Waals surface area (Å²) in [7, 11) is 0. The van der Waals surface area contributed by atoms with Crippen LogP contribution in [0.5, 0.6) is 0 Å². The van der Waals surface area contributed by atoms with Gasteiger partial charge in [-0.25, -0.2) is 4.39 Å². The van der Waals surface area contributed by atoms with E-state index in [4.69, 9.17) is 10.5 Å². The molecule has 1 unspecified atom stereocenters. The van der Waals surface area contributed by atoms with Gasteiger partial charge in [0, 0.05) is 6.20 Å². The maximum atomic E-state index is 14.7. The lowest BCUT2D eigenvalue weighted by Crippen LogP contribution is -2.51. The van der Waals surface area contributed by atoms with E-state index >= 15 is 0 Å². The summed E-state index contributed by atoms with van der Waals surface area (Å²) in [5, 5.41) is 44.0. The number of alkyl halides is 1. The zero-order valence-electron chi connectivity index (χ0n) is 12.4. The Morgan fingerprint density at radius 3 is 2.62 bits per heavy atom. The number of nitrogens with zero attached hydrogens (tertiary/aromatic N) is 1. The molecule has 8 N–H and O–H groups in total. The highest BCUT2D eigenvalue weighted by Gasteiger charge is 2.46. The number of aliphatic hydroxyl groups is 4. The molecule has 0 saturated carbocycles. The third kappa shape index (κ3) is 2.64. The number of carbonyl (C=O) groups excluding carboxylic acids is 1. The molecule has 3 heterocycles. The first-order chi connectivity index (χ1) is 11.3. The summed E-state index contributed by atoms with van der Waals surface area (Å²) >= 11 is 0. The lowest BCUT2D eigenvalue weighted by molar-refractivity contribution is -0.138. The average Bonchev–Trinajstić information content (AvgIpc) is 2.94. The van der Waals surface area contributed by atoms with Crippen molar-refractivity contribution in [2.24, 2.45) is 5.73 Å². The lowest BCUT2D eigenvalue weighted by Gasteiger charge is -2.30. The Hall–Kier alpha value is -1.76. The number of aromatic nitrogens is 1. The number of nitrogens with two attached hydrogens (primary N) is 1.